The van der Waals surface area contributed by atoms with E-state index in [1.165, 1.54) is 23.3 Å². The fourth-order valence-electron chi connectivity index (χ4n) is 1.66. The highest BCUT2D eigenvalue weighted by Crippen LogP contribution is 2.27. The van der Waals surface area contributed by atoms with Crippen molar-refractivity contribution < 1.29 is 9.53 Å². The lowest BCUT2D eigenvalue weighted by molar-refractivity contribution is 0.177. The van der Waals surface area contributed by atoms with E-state index in [2.05, 4.69) is 27.6 Å². The van der Waals surface area contributed by atoms with Crippen LogP contribution in [-0.2, 0) is 17.7 Å². The molecule has 7 heteroatoms. The fourth-order valence-corrected chi connectivity index (χ4v) is 2.74. The maximum Gasteiger partial charge on any atom is 0.322 e. The number of carbonyl (C=O) groups is 1. The van der Waals surface area contributed by atoms with Gasteiger partial charge >= 0.3 is 6.03 Å². The van der Waals surface area contributed by atoms with Gasteiger partial charge in [-0.2, -0.15) is 0 Å². The van der Waals surface area contributed by atoms with E-state index in [1.807, 2.05) is 0 Å². The van der Waals surface area contributed by atoms with Gasteiger partial charge in [0, 0.05) is 31.5 Å². The van der Waals surface area contributed by atoms with E-state index in [4.69, 9.17) is 4.74 Å². The third-order valence-electron chi connectivity index (χ3n) is 2.52. The molecule has 6 nitrogen and oxygen atoms in total. The minimum absolute atomic E-state index is 0.194. The van der Waals surface area contributed by atoms with Crippen LogP contribution >= 0.6 is 11.3 Å². The Morgan fingerprint density at radius 2 is 2.47 bits per heavy atom. The van der Waals surface area contributed by atoms with Crippen molar-refractivity contribution in [3.63, 3.8) is 0 Å². The first-order valence-corrected chi connectivity index (χ1v) is 6.21. The number of ether oxygens (including phenoxy) is 1. The smallest absolute Gasteiger partial charge is 0.322 e. The van der Waals surface area contributed by atoms with Crippen molar-refractivity contribution in [1.29, 1.82) is 0 Å². The topological polar surface area (TPSA) is 66.5 Å². The average molecular weight is 256 g/mol. The Labute approximate surface area is 104 Å². The highest BCUT2D eigenvalue weighted by molar-refractivity contribution is 7.15. The maximum absolute atomic E-state index is 11.4. The van der Waals surface area contributed by atoms with Crippen molar-refractivity contribution in [2.45, 2.75) is 13.0 Å². The number of amides is 2. The molecule has 0 aliphatic carbocycles. The van der Waals surface area contributed by atoms with Crippen molar-refractivity contribution in [3.8, 4) is 0 Å². The molecule has 1 aromatic rings. The fraction of sp³-hybridized carbons (Fsp3) is 0.600. The highest BCUT2D eigenvalue weighted by Gasteiger charge is 2.18. The summed E-state index contributed by atoms with van der Waals surface area (Å²) in [5, 5.41) is 5.91. The first kappa shape index (κ1) is 12.3. The van der Waals surface area contributed by atoms with Gasteiger partial charge in [0.1, 0.15) is 6.73 Å². The van der Waals surface area contributed by atoms with Crippen LogP contribution in [0, 0.1) is 0 Å². The van der Waals surface area contributed by atoms with Crippen molar-refractivity contribution in [1.82, 2.24) is 15.2 Å². The molecule has 0 aromatic carbocycles. The van der Waals surface area contributed by atoms with Gasteiger partial charge in [-0.1, -0.05) is 0 Å². The third kappa shape index (κ3) is 3.15. The molecule has 2 N–H and O–H groups in total. The molecular formula is C10H16N4O2S. The molecule has 0 bridgehead atoms. The number of anilines is 1. The summed E-state index contributed by atoms with van der Waals surface area (Å²) >= 11 is 1.54. The van der Waals surface area contributed by atoms with Crippen LogP contribution < -0.4 is 10.6 Å². The summed E-state index contributed by atoms with van der Waals surface area (Å²) in [6, 6.07) is -0.286. The number of thiazole rings is 1. The number of aromatic nitrogens is 1. The van der Waals surface area contributed by atoms with Gasteiger partial charge in [0.25, 0.3) is 0 Å². The lowest BCUT2D eigenvalue weighted by atomic mass is 10.2. The molecule has 2 amide bonds. The van der Waals surface area contributed by atoms with Gasteiger partial charge in [-0.25, -0.2) is 9.78 Å². The maximum atomic E-state index is 11.4. The second kappa shape index (κ2) is 5.44. The monoisotopic (exact) mass is 256 g/mol. The van der Waals surface area contributed by atoms with Crippen LogP contribution in [0.4, 0.5) is 9.93 Å². The minimum atomic E-state index is -0.286. The van der Waals surface area contributed by atoms with Crippen LogP contribution in [0.25, 0.3) is 0 Å². The molecule has 0 saturated carbocycles. The number of rotatable bonds is 3. The van der Waals surface area contributed by atoms with E-state index >= 15 is 0 Å². The molecule has 2 heterocycles. The Morgan fingerprint density at radius 3 is 3.24 bits per heavy atom. The number of nitrogens with one attached hydrogen (secondary N) is 2. The van der Waals surface area contributed by atoms with Crippen molar-refractivity contribution in [2.24, 2.45) is 0 Å². The normalized spacial score (nSPS) is 15.4. The van der Waals surface area contributed by atoms with Gasteiger partial charge in [-0.15, -0.1) is 11.3 Å². The summed E-state index contributed by atoms with van der Waals surface area (Å²) in [6.45, 7) is 2.13. The first-order valence-electron chi connectivity index (χ1n) is 5.40. The van der Waals surface area contributed by atoms with Crippen molar-refractivity contribution >= 4 is 22.5 Å². The largest absolute Gasteiger partial charge is 0.364 e. The standard InChI is InChI=1S/C10H16N4O2S/c1-14-4-3-7-8(5-14)17-10(12-7)13-9(15)11-6-16-2/h3-6H2,1-2H3,(H2,11,12,13,15). The SMILES string of the molecule is COCNC(=O)Nc1nc2c(s1)CN(C)CC2. The zero-order valence-electron chi connectivity index (χ0n) is 9.95. The lowest BCUT2D eigenvalue weighted by Gasteiger charge is -2.20. The van der Waals surface area contributed by atoms with Crippen LogP contribution in [0.1, 0.15) is 10.6 Å². The van der Waals surface area contributed by atoms with Gasteiger partial charge in [0.05, 0.1) is 5.69 Å². The molecule has 1 aromatic heterocycles. The van der Waals surface area contributed by atoms with Crippen molar-refractivity contribution in [2.75, 3.05) is 32.7 Å². The summed E-state index contributed by atoms with van der Waals surface area (Å²) < 4.78 is 4.75. The molecule has 94 valence electrons. The zero-order chi connectivity index (χ0) is 12.3. The molecule has 1 aliphatic rings. The third-order valence-corrected chi connectivity index (χ3v) is 3.52. The lowest BCUT2D eigenvalue weighted by Crippen LogP contribution is -2.30. The van der Waals surface area contributed by atoms with Gasteiger partial charge in [0.15, 0.2) is 5.13 Å². The van der Waals surface area contributed by atoms with Crippen LogP contribution in [0.15, 0.2) is 0 Å². The molecule has 0 saturated heterocycles. The van der Waals surface area contributed by atoms with Crippen LogP contribution in [0.3, 0.4) is 0 Å². The highest BCUT2D eigenvalue weighted by atomic mass is 32.1. The number of likely N-dealkylation sites (N-methyl/N-ethyl adjacent to an activating group) is 1. The Hall–Kier alpha value is -1.18. The Balaban J connectivity index is 1.96. The van der Waals surface area contributed by atoms with E-state index in [-0.39, 0.29) is 12.8 Å². The number of methoxy groups -OCH3 is 1. The Kier molecular flexibility index (Phi) is 3.93. The summed E-state index contributed by atoms with van der Waals surface area (Å²) in [6.07, 6.45) is 0.948. The summed E-state index contributed by atoms with van der Waals surface area (Å²) in [7, 11) is 3.61. The van der Waals surface area contributed by atoms with Crippen LogP contribution in [-0.4, -0.2) is 43.3 Å². The second-order valence-corrected chi connectivity index (χ2v) is 5.02. The Morgan fingerprint density at radius 1 is 1.65 bits per heavy atom. The molecular weight excluding hydrogens is 240 g/mol. The number of fused-ring (bicyclic) bond motifs is 1. The predicted molar refractivity (Wildman–Crippen MR) is 66.2 cm³/mol. The van der Waals surface area contributed by atoms with E-state index in [1.54, 1.807) is 0 Å². The molecule has 0 radical (unpaired) electrons. The van der Waals surface area contributed by atoms with Gasteiger partial charge in [-0.05, 0) is 7.05 Å². The number of urea groups is 1. The molecule has 17 heavy (non-hydrogen) atoms. The molecule has 0 unspecified atom stereocenters. The minimum Gasteiger partial charge on any atom is -0.364 e. The number of hydrogen-bond acceptors (Lipinski definition) is 5. The summed E-state index contributed by atoms with van der Waals surface area (Å²) in [5.41, 5.74) is 1.11. The summed E-state index contributed by atoms with van der Waals surface area (Å²) in [5.74, 6) is 0. The van der Waals surface area contributed by atoms with Gasteiger partial charge in [-0.3, -0.25) is 5.32 Å². The van der Waals surface area contributed by atoms with E-state index in [9.17, 15) is 4.79 Å². The zero-order valence-corrected chi connectivity index (χ0v) is 10.8. The number of hydrogen-bond donors (Lipinski definition) is 2. The second-order valence-electron chi connectivity index (χ2n) is 3.94. The molecule has 0 spiro atoms. The first-order chi connectivity index (χ1) is 8.19. The Bertz CT molecular complexity index is 407. The molecule has 0 atom stereocenters. The average Bonchev–Trinajstić information content (AvgIpc) is 2.67. The summed E-state index contributed by atoms with van der Waals surface area (Å²) in [4.78, 5) is 19.3. The van der Waals surface area contributed by atoms with E-state index in [0.29, 0.717) is 5.13 Å². The number of nitrogens with zero attached hydrogens (tertiary/aromatic N) is 2. The number of carbonyl (C=O) groups excluding carboxylic acids is 1. The van der Waals surface area contributed by atoms with Gasteiger partial charge in [0.2, 0.25) is 0 Å². The predicted octanol–water partition coefficient (Wildman–Crippen LogP) is 0.856. The van der Waals surface area contributed by atoms with Crippen LogP contribution in [0.2, 0.25) is 0 Å². The molecule has 2 rings (SSSR count). The molecule has 1 aliphatic heterocycles. The van der Waals surface area contributed by atoms with E-state index < -0.39 is 0 Å². The van der Waals surface area contributed by atoms with Crippen LogP contribution in [0.5, 0.6) is 0 Å². The quantitative estimate of drug-likeness (QED) is 0.787. The van der Waals surface area contributed by atoms with Crippen molar-refractivity contribution in [3.05, 3.63) is 10.6 Å². The van der Waals surface area contributed by atoms with Gasteiger partial charge < -0.3 is 15.0 Å². The van der Waals surface area contributed by atoms with E-state index in [0.717, 1.165) is 25.2 Å². The molecule has 0 fully saturated rings.